The molecule has 0 atom stereocenters. The zero-order valence-electron chi connectivity index (χ0n) is 12.1. The molecule has 0 amide bonds. The van der Waals surface area contributed by atoms with Gasteiger partial charge in [-0.1, -0.05) is 31.2 Å². The van der Waals surface area contributed by atoms with Gasteiger partial charge in [0.25, 0.3) is 0 Å². The highest BCUT2D eigenvalue weighted by Crippen LogP contribution is 2.24. The Morgan fingerprint density at radius 2 is 1.95 bits per heavy atom. The number of methoxy groups -OCH3 is 1. The van der Waals surface area contributed by atoms with Crippen molar-refractivity contribution in [3.63, 3.8) is 0 Å². The van der Waals surface area contributed by atoms with E-state index in [4.69, 9.17) is 4.74 Å². The van der Waals surface area contributed by atoms with Crippen molar-refractivity contribution in [3.05, 3.63) is 42.0 Å². The zero-order chi connectivity index (χ0) is 13.7. The van der Waals surface area contributed by atoms with E-state index in [1.165, 1.54) is 22.8 Å². The third-order valence-corrected chi connectivity index (χ3v) is 3.55. The molecule has 0 aliphatic rings. The lowest BCUT2D eigenvalue weighted by atomic mass is 10.0. The molecule has 2 rings (SSSR count). The molecule has 102 valence electrons. The molecule has 0 N–H and O–H groups in total. The van der Waals surface area contributed by atoms with Gasteiger partial charge in [0.2, 0.25) is 0 Å². The first-order valence-corrected chi connectivity index (χ1v) is 6.98. The van der Waals surface area contributed by atoms with Crippen LogP contribution in [0.1, 0.15) is 18.9 Å². The van der Waals surface area contributed by atoms with Gasteiger partial charge in [-0.05, 0) is 54.9 Å². The van der Waals surface area contributed by atoms with Gasteiger partial charge in [0.05, 0.1) is 7.11 Å². The van der Waals surface area contributed by atoms with Gasteiger partial charge in [-0.15, -0.1) is 0 Å². The maximum Gasteiger partial charge on any atom is 0.119 e. The van der Waals surface area contributed by atoms with E-state index in [0.29, 0.717) is 0 Å². The monoisotopic (exact) mass is 257 g/mol. The predicted molar refractivity (Wildman–Crippen MR) is 82.0 cm³/mol. The molecule has 0 heterocycles. The van der Waals surface area contributed by atoms with E-state index in [-0.39, 0.29) is 0 Å². The number of nitrogens with zero attached hydrogens (tertiary/aromatic N) is 1. The normalized spacial score (nSPS) is 11.2. The minimum atomic E-state index is 0.932. The lowest BCUT2D eigenvalue weighted by molar-refractivity contribution is 0.339. The molecule has 2 nitrogen and oxygen atoms in total. The van der Waals surface area contributed by atoms with E-state index < -0.39 is 0 Å². The summed E-state index contributed by atoms with van der Waals surface area (Å²) in [7, 11) is 3.91. The standard InChI is InChI=1S/C17H23NO/c1-4-11-18(2)12-10-15-7-5-6-14-8-9-16(19-3)13-17(14)15/h5-9,13H,4,10-12H2,1-3H3. The van der Waals surface area contributed by atoms with Gasteiger partial charge in [0.15, 0.2) is 0 Å². The maximum absolute atomic E-state index is 5.33. The Balaban J connectivity index is 2.22. The number of fused-ring (bicyclic) bond motifs is 1. The van der Waals surface area contributed by atoms with Crippen LogP contribution in [0.2, 0.25) is 0 Å². The summed E-state index contributed by atoms with van der Waals surface area (Å²) in [6, 6.07) is 12.8. The molecule has 0 saturated carbocycles. The smallest absolute Gasteiger partial charge is 0.119 e. The molecule has 0 unspecified atom stereocenters. The second-order valence-electron chi connectivity index (χ2n) is 5.06. The third kappa shape index (κ3) is 3.48. The van der Waals surface area contributed by atoms with Gasteiger partial charge in [-0.2, -0.15) is 0 Å². The van der Waals surface area contributed by atoms with Crippen LogP contribution in [0.3, 0.4) is 0 Å². The summed E-state index contributed by atoms with van der Waals surface area (Å²) in [5, 5.41) is 2.60. The minimum absolute atomic E-state index is 0.932. The first-order chi connectivity index (χ1) is 9.24. The van der Waals surface area contributed by atoms with E-state index in [0.717, 1.165) is 25.3 Å². The molecular weight excluding hydrogens is 234 g/mol. The number of ether oxygens (including phenoxy) is 1. The van der Waals surface area contributed by atoms with Crippen LogP contribution in [0.15, 0.2) is 36.4 Å². The average molecular weight is 257 g/mol. The molecule has 0 saturated heterocycles. The molecule has 0 fully saturated rings. The van der Waals surface area contributed by atoms with Crippen molar-refractivity contribution in [2.45, 2.75) is 19.8 Å². The van der Waals surface area contributed by atoms with Crippen LogP contribution in [-0.4, -0.2) is 32.1 Å². The maximum atomic E-state index is 5.33. The fourth-order valence-electron chi connectivity index (χ4n) is 2.47. The quantitative estimate of drug-likeness (QED) is 0.781. The lowest BCUT2D eigenvalue weighted by Crippen LogP contribution is -2.21. The Labute approximate surface area is 116 Å². The molecule has 19 heavy (non-hydrogen) atoms. The highest BCUT2D eigenvalue weighted by molar-refractivity contribution is 5.87. The average Bonchev–Trinajstić information content (AvgIpc) is 2.44. The number of hydrogen-bond acceptors (Lipinski definition) is 2. The third-order valence-electron chi connectivity index (χ3n) is 3.55. The first kappa shape index (κ1) is 13.9. The van der Waals surface area contributed by atoms with Crippen LogP contribution in [0.5, 0.6) is 5.75 Å². The summed E-state index contributed by atoms with van der Waals surface area (Å²) in [6.07, 6.45) is 2.29. The zero-order valence-corrected chi connectivity index (χ0v) is 12.1. The summed E-state index contributed by atoms with van der Waals surface area (Å²) in [6.45, 7) is 4.48. The van der Waals surface area contributed by atoms with Crippen molar-refractivity contribution in [2.24, 2.45) is 0 Å². The van der Waals surface area contributed by atoms with Crippen LogP contribution in [-0.2, 0) is 6.42 Å². The van der Waals surface area contributed by atoms with Gasteiger partial charge in [-0.3, -0.25) is 0 Å². The minimum Gasteiger partial charge on any atom is -0.497 e. The SMILES string of the molecule is CCCN(C)CCc1cccc2ccc(OC)cc12. The van der Waals surface area contributed by atoms with Crippen LogP contribution in [0.4, 0.5) is 0 Å². The van der Waals surface area contributed by atoms with E-state index in [1.807, 2.05) is 6.07 Å². The van der Waals surface area contributed by atoms with Crippen molar-refractivity contribution >= 4 is 10.8 Å². The first-order valence-electron chi connectivity index (χ1n) is 6.98. The number of hydrogen-bond donors (Lipinski definition) is 0. The molecule has 0 spiro atoms. The van der Waals surface area contributed by atoms with E-state index in [2.05, 4.69) is 49.2 Å². The number of likely N-dealkylation sites (N-methyl/N-ethyl adjacent to an activating group) is 1. The van der Waals surface area contributed by atoms with Crippen LogP contribution >= 0.6 is 0 Å². The van der Waals surface area contributed by atoms with Crippen molar-refractivity contribution in [3.8, 4) is 5.75 Å². The van der Waals surface area contributed by atoms with Crippen molar-refractivity contribution < 1.29 is 4.74 Å². The largest absolute Gasteiger partial charge is 0.497 e. The van der Waals surface area contributed by atoms with Crippen LogP contribution in [0, 0.1) is 0 Å². The Morgan fingerprint density at radius 1 is 1.11 bits per heavy atom. The van der Waals surface area contributed by atoms with Gasteiger partial charge < -0.3 is 9.64 Å². The summed E-state index contributed by atoms with van der Waals surface area (Å²) in [4.78, 5) is 2.39. The van der Waals surface area contributed by atoms with Crippen LogP contribution in [0.25, 0.3) is 10.8 Å². The van der Waals surface area contributed by atoms with Crippen molar-refractivity contribution in [2.75, 3.05) is 27.2 Å². The lowest BCUT2D eigenvalue weighted by Gasteiger charge is -2.16. The van der Waals surface area contributed by atoms with Crippen molar-refractivity contribution in [1.29, 1.82) is 0 Å². The van der Waals surface area contributed by atoms with Gasteiger partial charge in [0, 0.05) is 6.54 Å². The highest BCUT2D eigenvalue weighted by Gasteiger charge is 2.04. The highest BCUT2D eigenvalue weighted by atomic mass is 16.5. The van der Waals surface area contributed by atoms with E-state index >= 15 is 0 Å². The van der Waals surface area contributed by atoms with Gasteiger partial charge in [0.1, 0.15) is 5.75 Å². The molecule has 0 aliphatic heterocycles. The fraction of sp³-hybridized carbons (Fsp3) is 0.412. The van der Waals surface area contributed by atoms with E-state index in [9.17, 15) is 0 Å². The summed E-state index contributed by atoms with van der Waals surface area (Å²) in [5.74, 6) is 0.932. The molecule has 2 aromatic rings. The summed E-state index contributed by atoms with van der Waals surface area (Å²) < 4.78 is 5.33. The molecule has 2 aromatic carbocycles. The van der Waals surface area contributed by atoms with E-state index in [1.54, 1.807) is 7.11 Å². The molecule has 0 aliphatic carbocycles. The molecule has 2 heteroatoms. The summed E-state index contributed by atoms with van der Waals surface area (Å²) >= 11 is 0. The molecule has 0 aromatic heterocycles. The second-order valence-corrected chi connectivity index (χ2v) is 5.06. The molecular formula is C17H23NO. The van der Waals surface area contributed by atoms with Crippen LogP contribution < -0.4 is 4.74 Å². The Bertz CT molecular complexity index is 536. The van der Waals surface area contributed by atoms with Gasteiger partial charge in [-0.25, -0.2) is 0 Å². The predicted octanol–water partition coefficient (Wildman–Crippen LogP) is 3.73. The fourth-order valence-corrected chi connectivity index (χ4v) is 2.47. The molecule has 0 radical (unpaired) electrons. The summed E-state index contributed by atoms with van der Waals surface area (Å²) in [5.41, 5.74) is 1.40. The number of benzene rings is 2. The Hall–Kier alpha value is -1.54. The second kappa shape index (κ2) is 6.58. The topological polar surface area (TPSA) is 12.5 Å². The molecule has 0 bridgehead atoms. The number of rotatable bonds is 6. The Morgan fingerprint density at radius 3 is 2.68 bits per heavy atom. The van der Waals surface area contributed by atoms with Crippen molar-refractivity contribution in [1.82, 2.24) is 4.90 Å². The van der Waals surface area contributed by atoms with Gasteiger partial charge >= 0.3 is 0 Å². The Kier molecular flexibility index (Phi) is 4.80.